The molecule has 3 fully saturated rings. The van der Waals surface area contributed by atoms with E-state index in [1.54, 1.807) is 6.92 Å². The standard InChI is InChI=1S/C29H43NO3/c1-16(15-30-18(3)31)12-23-22-14-25-21-7-6-19-13-20(32)8-10-28(19,4)24(21)9-11-29(25,5)26(22)17(2)27(23)33/h6,16-17,20-21,24-26,32H,7-15H2,1-5H3,(H,30,31). The predicted octanol–water partition coefficient (Wildman–Crippen LogP) is 5.21. The summed E-state index contributed by atoms with van der Waals surface area (Å²) in [4.78, 5) is 24.7. The van der Waals surface area contributed by atoms with Gasteiger partial charge in [-0.05, 0) is 97.4 Å². The molecular weight excluding hydrogens is 410 g/mol. The quantitative estimate of drug-likeness (QED) is 0.574. The third-order valence-corrected chi connectivity index (χ3v) is 10.9. The molecule has 0 aromatic heterocycles. The molecule has 0 bridgehead atoms. The number of hydrogen-bond donors (Lipinski definition) is 2. The van der Waals surface area contributed by atoms with Crippen molar-refractivity contribution in [3.63, 3.8) is 0 Å². The molecule has 0 spiro atoms. The highest BCUT2D eigenvalue weighted by atomic mass is 16.3. The third kappa shape index (κ3) is 3.49. The Hall–Kier alpha value is -1.42. The summed E-state index contributed by atoms with van der Waals surface area (Å²) in [6.07, 6.45) is 10.8. The van der Waals surface area contributed by atoms with Gasteiger partial charge in [-0.25, -0.2) is 0 Å². The van der Waals surface area contributed by atoms with Gasteiger partial charge in [0.2, 0.25) is 5.91 Å². The van der Waals surface area contributed by atoms with Crippen molar-refractivity contribution >= 4 is 11.7 Å². The van der Waals surface area contributed by atoms with Gasteiger partial charge < -0.3 is 10.4 Å². The summed E-state index contributed by atoms with van der Waals surface area (Å²) in [6, 6.07) is 0. The van der Waals surface area contributed by atoms with E-state index in [-0.39, 0.29) is 34.7 Å². The molecule has 9 atom stereocenters. The summed E-state index contributed by atoms with van der Waals surface area (Å²) in [6.45, 7) is 11.5. The molecule has 4 heteroatoms. The van der Waals surface area contributed by atoms with Gasteiger partial charge in [0.05, 0.1) is 6.10 Å². The summed E-state index contributed by atoms with van der Waals surface area (Å²) in [7, 11) is 0. The van der Waals surface area contributed by atoms with Crippen molar-refractivity contribution < 1.29 is 14.7 Å². The third-order valence-electron chi connectivity index (χ3n) is 10.9. The Morgan fingerprint density at radius 2 is 1.97 bits per heavy atom. The van der Waals surface area contributed by atoms with Gasteiger partial charge in [-0.15, -0.1) is 0 Å². The van der Waals surface area contributed by atoms with Crippen LogP contribution in [0.3, 0.4) is 0 Å². The maximum atomic E-state index is 13.4. The van der Waals surface area contributed by atoms with Gasteiger partial charge in [-0.1, -0.05) is 44.9 Å². The molecule has 33 heavy (non-hydrogen) atoms. The molecule has 0 radical (unpaired) electrons. The van der Waals surface area contributed by atoms with Crippen LogP contribution in [0.1, 0.15) is 86.0 Å². The molecular formula is C29H43NO3. The van der Waals surface area contributed by atoms with Gasteiger partial charge in [-0.2, -0.15) is 0 Å². The first-order valence-electron chi connectivity index (χ1n) is 13.4. The Kier molecular flexibility index (Phi) is 5.70. The van der Waals surface area contributed by atoms with Gasteiger partial charge in [0.25, 0.3) is 0 Å². The van der Waals surface area contributed by atoms with E-state index in [2.05, 4.69) is 39.1 Å². The minimum Gasteiger partial charge on any atom is -0.393 e. The van der Waals surface area contributed by atoms with Crippen molar-refractivity contribution in [3.8, 4) is 0 Å². The second kappa shape index (κ2) is 8.07. The van der Waals surface area contributed by atoms with E-state index in [4.69, 9.17) is 0 Å². The molecule has 0 aromatic carbocycles. The highest BCUT2D eigenvalue weighted by Gasteiger charge is 2.63. The Labute approximate surface area is 199 Å². The van der Waals surface area contributed by atoms with E-state index in [9.17, 15) is 14.7 Å². The molecule has 182 valence electrons. The monoisotopic (exact) mass is 453 g/mol. The van der Waals surface area contributed by atoms with Gasteiger partial charge in [0.15, 0.2) is 5.78 Å². The van der Waals surface area contributed by atoms with E-state index >= 15 is 0 Å². The molecule has 0 heterocycles. The average Bonchev–Trinajstić information content (AvgIpc) is 3.19. The molecule has 0 aromatic rings. The first kappa shape index (κ1) is 23.3. The van der Waals surface area contributed by atoms with E-state index in [1.165, 1.54) is 24.0 Å². The number of amides is 1. The lowest BCUT2D eigenvalue weighted by Crippen LogP contribution is -2.51. The summed E-state index contributed by atoms with van der Waals surface area (Å²) in [5.41, 5.74) is 4.60. The van der Waals surface area contributed by atoms with Gasteiger partial charge in [-0.3, -0.25) is 9.59 Å². The Bertz CT molecular complexity index is 918. The lowest BCUT2D eigenvalue weighted by molar-refractivity contribution is -0.121. The zero-order chi connectivity index (χ0) is 23.7. The van der Waals surface area contributed by atoms with Crippen LogP contribution >= 0.6 is 0 Å². The van der Waals surface area contributed by atoms with Gasteiger partial charge in [0, 0.05) is 19.4 Å². The molecule has 3 saturated carbocycles. The van der Waals surface area contributed by atoms with E-state index in [1.807, 2.05) is 0 Å². The topological polar surface area (TPSA) is 66.4 Å². The first-order valence-corrected chi connectivity index (χ1v) is 13.4. The highest BCUT2D eigenvalue weighted by Crippen LogP contribution is 2.70. The molecule has 0 aliphatic heterocycles. The van der Waals surface area contributed by atoms with Crippen LogP contribution in [0.2, 0.25) is 0 Å². The summed E-state index contributed by atoms with van der Waals surface area (Å²) < 4.78 is 0. The Morgan fingerprint density at radius 3 is 2.70 bits per heavy atom. The molecule has 0 saturated heterocycles. The van der Waals surface area contributed by atoms with Crippen LogP contribution in [-0.4, -0.2) is 29.4 Å². The minimum absolute atomic E-state index is 0.00221. The van der Waals surface area contributed by atoms with Crippen molar-refractivity contribution in [1.82, 2.24) is 5.32 Å². The lowest BCUT2D eigenvalue weighted by Gasteiger charge is -2.58. The normalized spacial score (nSPS) is 45.0. The molecule has 4 nitrogen and oxygen atoms in total. The van der Waals surface area contributed by atoms with E-state index < -0.39 is 0 Å². The summed E-state index contributed by atoms with van der Waals surface area (Å²) in [5, 5.41) is 13.2. The van der Waals surface area contributed by atoms with Crippen molar-refractivity contribution in [2.24, 2.45) is 46.3 Å². The highest BCUT2D eigenvalue weighted by molar-refractivity contribution is 6.01. The van der Waals surface area contributed by atoms with Crippen molar-refractivity contribution in [1.29, 1.82) is 0 Å². The smallest absolute Gasteiger partial charge is 0.216 e. The number of aliphatic hydroxyl groups is 1. The zero-order valence-electron chi connectivity index (χ0n) is 21.2. The lowest BCUT2D eigenvalue weighted by atomic mass is 9.47. The van der Waals surface area contributed by atoms with Gasteiger partial charge in [0.1, 0.15) is 0 Å². The second-order valence-corrected chi connectivity index (χ2v) is 12.8. The van der Waals surface area contributed by atoms with Crippen LogP contribution < -0.4 is 5.32 Å². The number of hydrogen-bond acceptors (Lipinski definition) is 3. The van der Waals surface area contributed by atoms with Crippen molar-refractivity contribution in [3.05, 3.63) is 22.8 Å². The first-order chi connectivity index (χ1) is 15.6. The maximum absolute atomic E-state index is 13.4. The number of aliphatic hydroxyl groups excluding tert-OH is 1. The molecule has 5 aliphatic rings. The molecule has 5 rings (SSSR count). The molecule has 9 unspecified atom stereocenters. The number of nitrogens with one attached hydrogen (secondary N) is 1. The molecule has 1 amide bonds. The van der Waals surface area contributed by atoms with Crippen molar-refractivity contribution in [2.45, 2.75) is 92.1 Å². The fourth-order valence-electron chi connectivity index (χ4n) is 9.26. The van der Waals surface area contributed by atoms with Crippen LogP contribution in [0, 0.1) is 46.3 Å². The SMILES string of the molecule is CC(=O)NCC(C)CC1=C2CC3C4CC=C5CC(O)CCC5(C)C4CCC3(C)C2C(C)C1=O. The zero-order valence-corrected chi connectivity index (χ0v) is 21.2. The van der Waals surface area contributed by atoms with E-state index in [0.29, 0.717) is 30.1 Å². The van der Waals surface area contributed by atoms with Crippen molar-refractivity contribution in [2.75, 3.05) is 6.54 Å². The van der Waals surface area contributed by atoms with E-state index in [0.717, 1.165) is 50.0 Å². The second-order valence-electron chi connectivity index (χ2n) is 12.8. The number of ketones is 1. The Morgan fingerprint density at radius 1 is 1.21 bits per heavy atom. The van der Waals surface area contributed by atoms with Crippen LogP contribution in [0.4, 0.5) is 0 Å². The Balaban J connectivity index is 1.44. The number of rotatable bonds is 4. The van der Waals surface area contributed by atoms with Crippen LogP contribution in [0.15, 0.2) is 22.8 Å². The van der Waals surface area contributed by atoms with Crippen LogP contribution in [-0.2, 0) is 9.59 Å². The fraction of sp³-hybridized carbons (Fsp3) is 0.793. The molecule has 2 N–H and O–H groups in total. The number of Topliss-reactive ketones (excluding diaryl/α,β-unsaturated/α-hetero) is 1. The summed E-state index contributed by atoms with van der Waals surface area (Å²) >= 11 is 0. The average molecular weight is 454 g/mol. The number of carbonyl (C=O) groups excluding carboxylic acids is 2. The molecule has 5 aliphatic carbocycles. The largest absolute Gasteiger partial charge is 0.393 e. The van der Waals surface area contributed by atoms with Crippen LogP contribution in [0.25, 0.3) is 0 Å². The van der Waals surface area contributed by atoms with Crippen LogP contribution in [0.5, 0.6) is 0 Å². The summed E-state index contributed by atoms with van der Waals surface area (Å²) in [5.74, 6) is 3.25. The minimum atomic E-state index is -0.153. The predicted molar refractivity (Wildman–Crippen MR) is 130 cm³/mol. The number of carbonyl (C=O) groups is 2. The van der Waals surface area contributed by atoms with Gasteiger partial charge >= 0.3 is 0 Å². The number of allylic oxidation sites excluding steroid dienone is 3. The maximum Gasteiger partial charge on any atom is 0.216 e. The fourth-order valence-corrected chi connectivity index (χ4v) is 9.26. The number of fused-ring (bicyclic) bond motifs is 7.